The summed E-state index contributed by atoms with van der Waals surface area (Å²) < 4.78 is 12.0. The summed E-state index contributed by atoms with van der Waals surface area (Å²) in [7, 11) is 0. The van der Waals surface area contributed by atoms with Crippen molar-refractivity contribution in [2.24, 2.45) is 0 Å². The zero-order valence-electron chi connectivity index (χ0n) is 12.1. The van der Waals surface area contributed by atoms with Crippen molar-refractivity contribution in [1.82, 2.24) is 9.46 Å². The molecule has 0 saturated heterocycles. The number of hydrogen-bond acceptors (Lipinski definition) is 5. The first kappa shape index (κ1) is 15.2. The van der Waals surface area contributed by atoms with E-state index >= 15 is 0 Å². The predicted octanol–water partition coefficient (Wildman–Crippen LogP) is 3.92. The van der Waals surface area contributed by atoms with Crippen molar-refractivity contribution in [1.29, 1.82) is 0 Å². The number of carbonyl (C=O) groups is 1. The monoisotopic (exact) mass is 298 g/mol. The minimum absolute atomic E-state index is 0.140. The second kappa shape index (κ2) is 7.57. The molecule has 0 unspecified atom stereocenters. The minimum atomic E-state index is -0.294. The number of amides is 1. The summed E-state index contributed by atoms with van der Waals surface area (Å²) in [6.45, 7) is 4.60. The van der Waals surface area contributed by atoms with Gasteiger partial charge in [-0.05, 0) is 38.6 Å². The number of ether oxygens (including phenoxy) is 1. The van der Waals surface area contributed by atoms with Crippen molar-refractivity contribution in [2.75, 3.05) is 6.54 Å². The largest absolute Gasteiger partial charge is 0.440 e. The summed E-state index contributed by atoms with van der Waals surface area (Å²) in [5, 5.41) is 4.31. The van der Waals surface area contributed by atoms with E-state index in [0.29, 0.717) is 17.6 Å². The number of aromatic nitrogens is 1. The highest BCUT2D eigenvalue weighted by Crippen LogP contribution is 2.30. The van der Waals surface area contributed by atoms with Gasteiger partial charge in [0.15, 0.2) is 12.4 Å². The molecule has 0 spiro atoms. The molecule has 1 heterocycles. The summed E-state index contributed by atoms with van der Waals surface area (Å²) in [5.41, 5.74) is 0.792. The van der Waals surface area contributed by atoms with Crippen LogP contribution in [0.25, 0.3) is 0 Å². The maximum atomic E-state index is 12.0. The molecule has 112 valence electrons. The molecule has 0 N–H and O–H groups in total. The van der Waals surface area contributed by atoms with Crippen LogP contribution in [0.5, 0.6) is 0 Å². The quantitative estimate of drug-likeness (QED) is 0.771. The Bertz CT molecular complexity index is 430. The summed E-state index contributed by atoms with van der Waals surface area (Å²) in [6, 6.07) is 1.78. The molecule has 1 aliphatic carbocycles. The number of nitrogens with zero attached hydrogens (tertiary/aromatic N) is 2. The Morgan fingerprint density at radius 2 is 2.25 bits per heavy atom. The molecule has 5 nitrogen and oxygen atoms in total. The Balaban J connectivity index is 1.78. The fourth-order valence-corrected chi connectivity index (χ4v) is 3.48. The first-order chi connectivity index (χ1) is 9.69. The van der Waals surface area contributed by atoms with E-state index < -0.39 is 0 Å². The maximum absolute atomic E-state index is 12.0. The van der Waals surface area contributed by atoms with Gasteiger partial charge in [-0.25, -0.2) is 4.79 Å². The van der Waals surface area contributed by atoms with Gasteiger partial charge in [-0.3, -0.25) is 4.31 Å². The molecular weight excluding hydrogens is 276 g/mol. The lowest BCUT2D eigenvalue weighted by atomic mass is 10.0. The molecule has 0 aliphatic heterocycles. The molecule has 1 aromatic heterocycles. The van der Waals surface area contributed by atoms with E-state index in [0.717, 1.165) is 5.69 Å². The third kappa shape index (κ3) is 4.44. The molecule has 1 aliphatic rings. The van der Waals surface area contributed by atoms with E-state index in [-0.39, 0.29) is 12.7 Å². The van der Waals surface area contributed by atoms with Crippen molar-refractivity contribution in [3.05, 3.63) is 17.5 Å². The highest BCUT2D eigenvalue weighted by molar-refractivity contribution is 7.98. The number of rotatable bonds is 5. The third-order valence-corrected chi connectivity index (χ3v) is 4.77. The van der Waals surface area contributed by atoms with Crippen molar-refractivity contribution in [2.45, 2.75) is 57.8 Å². The average Bonchev–Trinajstić information content (AvgIpc) is 2.89. The smallest absolute Gasteiger partial charge is 0.420 e. The Labute approximate surface area is 124 Å². The molecule has 2 rings (SSSR count). The van der Waals surface area contributed by atoms with Gasteiger partial charge in [-0.1, -0.05) is 24.4 Å². The van der Waals surface area contributed by atoms with Crippen LogP contribution in [0.15, 0.2) is 10.6 Å². The predicted molar refractivity (Wildman–Crippen MR) is 78.3 cm³/mol. The van der Waals surface area contributed by atoms with Crippen molar-refractivity contribution >= 4 is 18.0 Å². The summed E-state index contributed by atoms with van der Waals surface area (Å²) in [4.78, 5) is 12.0. The van der Waals surface area contributed by atoms with Gasteiger partial charge in [0.2, 0.25) is 0 Å². The SMILES string of the molecule is CCN(SC1CCCCC1)C(=O)OCc1cc(C)no1. The molecule has 1 saturated carbocycles. The van der Waals surface area contributed by atoms with Crippen molar-refractivity contribution in [3.8, 4) is 0 Å². The van der Waals surface area contributed by atoms with E-state index in [2.05, 4.69) is 5.16 Å². The van der Waals surface area contributed by atoms with Crippen LogP contribution in [-0.4, -0.2) is 27.3 Å². The minimum Gasteiger partial charge on any atom is -0.440 e. The summed E-state index contributed by atoms with van der Waals surface area (Å²) in [6.07, 6.45) is 5.94. The molecule has 1 fully saturated rings. The highest BCUT2D eigenvalue weighted by atomic mass is 32.2. The molecule has 6 heteroatoms. The molecular formula is C14H22N2O3S. The van der Waals surface area contributed by atoms with Gasteiger partial charge in [0.05, 0.1) is 5.69 Å². The van der Waals surface area contributed by atoms with Crippen LogP contribution in [-0.2, 0) is 11.3 Å². The Morgan fingerprint density at radius 3 is 2.85 bits per heavy atom. The van der Waals surface area contributed by atoms with E-state index in [1.54, 1.807) is 22.3 Å². The molecule has 20 heavy (non-hydrogen) atoms. The van der Waals surface area contributed by atoms with E-state index in [1.807, 2.05) is 13.8 Å². The second-order valence-electron chi connectivity index (χ2n) is 5.05. The average molecular weight is 298 g/mol. The van der Waals surface area contributed by atoms with E-state index in [1.165, 1.54) is 32.1 Å². The second-order valence-corrected chi connectivity index (χ2v) is 6.37. The van der Waals surface area contributed by atoms with Gasteiger partial charge >= 0.3 is 6.09 Å². The number of hydrogen-bond donors (Lipinski definition) is 0. The Hall–Kier alpha value is -1.17. The summed E-state index contributed by atoms with van der Waals surface area (Å²) >= 11 is 1.63. The van der Waals surface area contributed by atoms with Crippen molar-refractivity contribution < 1.29 is 14.1 Å². The Morgan fingerprint density at radius 1 is 1.50 bits per heavy atom. The van der Waals surface area contributed by atoms with E-state index in [4.69, 9.17) is 9.26 Å². The van der Waals surface area contributed by atoms with Crippen LogP contribution in [0.2, 0.25) is 0 Å². The summed E-state index contributed by atoms with van der Waals surface area (Å²) in [5.74, 6) is 0.578. The topological polar surface area (TPSA) is 55.6 Å². The highest BCUT2D eigenvalue weighted by Gasteiger charge is 2.22. The van der Waals surface area contributed by atoms with Gasteiger partial charge in [-0.2, -0.15) is 0 Å². The van der Waals surface area contributed by atoms with Crippen LogP contribution < -0.4 is 0 Å². The van der Waals surface area contributed by atoms with Gasteiger partial charge in [0.25, 0.3) is 0 Å². The lowest BCUT2D eigenvalue weighted by Crippen LogP contribution is -2.28. The van der Waals surface area contributed by atoms with Crippen LogP contribution in [0, 0.1) is 6.92 Å². The normalized spacial score (nSPS) is 16.1. The van der Waals surface area contributed by atoms with Crippen LogP contribution >= 0.6 is 11.9 Å². The lowest BCUT2D eigenvalue weighted by molar-refractivity contribution is 0.112. The van der Waals surface area contributed by atoms with Gasteiger partial charge < -0.3 is 9.26 Å². The molecule has 0 aromatic carbocycles. The van der Waals surface area contributed by atoms with Crippen LogP contribution in [0.1, 0.15) is 50.5 Å². The van der Waals surface area contributed by atoms with Crippen LogP contribution in [0.3, 0.4) is 0 Å². The van der Waals surface area contributed by atoms with E-state index in [9.17, 15) is 4.79 Å². The van der Waals surface area contributed by atoms with Gasteiger partial charge in [-0.15, -0.1) is 0 Å². The molecule has 0 atom stereocenters. The fraction of sp³-hybridized carbons (Fsp3) is 0.714. The Kier molecular flexibility index (Phi) is 5.76. The zero-order chi connectivity index (χ0) is 14.4. The zero-order valence-corrected chi connectivity index (χ0v) is 12.9. The fourth-order valence-electron chi connectivity index (χ4n) is 2.29. The third-order valence-electron chi connectivity index (χ3n) is 3.33. The molecule has 1 aromatic rings. The van der Waals surface area contributed by atoms with Gasteiger partial charge in [0, 0.05) is 17.9 Å². The number of carbonyl (C=O) groups excluding carboxylic acids is 1. The first-order valence-electron chi connectivity index (χ1n) is 7.22. The molecule has 0 radical (unpaired) electrons. The number of aryl methyl sites for hydroxylation is 1. The molecule has 0 bridgehead atoms. The maximum Gasteiger partial charge on any atom is 0.420 e. The molecule has 1 amide bonds. The lowest BCUT2D eigenvalue weighted by Gasteiger charge is -2.27. The standard InChI is InChI=1S/C14H22N2O3S/c1-3-16(20-13-7-5-4-6-8-13)14(17)18-10-12-9-11(2)15-19-12/h9,13H,3-8,10H2,1-2H3. The van der Waals surface area contributed by atoms with Gasteiger partial charge in [0.1, 0.15) is 0 Å². The van der Waals surface area contributed by atoms with Crippen molar-refractivity contribution in [3.63, 3.8) is 0 Å². The first-order valence-corrected chi connectivity index (χ1v) is 8.06. The van der Waals surface area contributed by atoms with Crippen LogP contribution in [0.4, 0.5) is 4.79 Å².